The highest BCUT2D eigenvalue weighted by atomic mass is 79.9. The zero-order valence-electron chi connectivity index (χ0n) is 13.6. The SMILES string of the molecule is O=C(N[C@@H](C(=O)O)c1ccc(F)cc1F)c1cn(-c2ccc(Br)cc2)cn1. The quantitative estimate of drug-likeness (QED) is 0.642. The second-order valence-electron chi connectivity index (χ2n) is 5.55. The highest BCUT2D eigenvalue weighted by Gasteiger charge is 2.26. The van der Waals surface area contributed by atoms with Gasteiger partial charge in [-0.3, -0.25) is 4.79 Å². The zero-order valence-corrected chi connectivity index (χ0v) is 15.2. The third-order valence-corrected chi connectivity index (χ3v) is 4.26. The van der Waals surface area contributed by atoms with Gasteiger partial charge < -0.3 is 15.0 Å². The van der Waals surface area contributed by atoms with E-state index in [0.717, 1.165) is 22.3 Å². The van der Waals surface area contributed by atoms with Crippen LogP contribution in [0.25, 0.3) is 5.69 Å². The lowest BCUT2D eigenvalue weighted by Gasteiger charge is -2.15. The summed E-state index contributed by atoms with van der Waals surface area (Å²) in [5.74, 6) is -4.20. The normalized spacial score (nSPS) is 11.8. The molecule has 0 saturated carbocycles. The monoisotopic (exact) mass is 435 g/mol. The molecule has 27 heavy (non-hydrogen) atoms. The van der Waals surface area contributed by atoms with Gasteiger partial charge in [-0.05, 0) is 30.3 Å². The molecule has 1 heterocycles. The minimum Gasteiger partial charge on any atom is -0.479 e. The number of aromatic nitrogens is 2. The standard InChI is InChI=1S/C18H12BrF2N3O3/c19-10-1-4-12(5-2-10)24-8-15(22-9-24)17(25)23-16(18(26)27)13-6-3-11(20)7-14(13)21/h1-9,16H,(H,23,25)(H,26,27)/t16-/m1/s1. The van der Waals surface area contributed by atoms with E-state index in [1.165, 1.54) is 12.5 Å². The molecule has 0 bridgehead atoms. The number of carboxylic acids is 1. The molecule has 2 aromatic carbocycles. The fourth-order valence-corrected chi connectivity index (χ4v) is 2.67. The van der Waals surface area contributed by atoms with Crippen molar-refractivity contribution in [2.45, 2.75) is 6.04 Å². The maximum atomic E-state index is 13.9. The molecule has 0 unspecified atom stereocenters. The van der Waals surface area contributed by atoms with Crippen molar-refractivity contribution in [3.05, 3.63) is 82.4 Å². The van der Waals surface area contributed by atoms with Crippen molar-refractivity contribution in [3.8, 4) is 5.69 Å². The molecule has 138 valence electrons. The maximum Gasteiger partial charge on any atom is 0.331 e. The van der Waals surface area contributed by atoms with E-state index < -0.39 is 29.6 Å². The van der Waals surface area contributed by atoms with Crippen molar-refractivity contribution in [2.75, 3.05) is 0 Å². The molecule has 0 aliphatic rings. The van der Waals surface area contributed by atoms with Crippen LogP contribution in [0.2, 0.25) is 0 Å². The predicted molar refractivity (Wildman–Crippen MR) is 95.5 cm³/mol. The number of benzene rings is 2. The number of aliphatic carboxylic acids is 1. The van der Waals surface area contributed by atoms with Crippen LogP contribution in [-0.2, 0) is 4.79 Å². The molecule has 6 nitrogen and oxygen atoms in total. The van der Waals surface area contributed by atoms with Crippen LogP contribution in [0.15, 0.2) is 59.5 Å². The average Bonchev–Trinajstić information content (AvgIpc) is 3.11. The summed E-state index contributed by atoms with van der Waals surface area (Å²) in [6.07, 6.45) is 2.81. The van der Waals surface area contributed by atoms with Gasteiger partial charge in [0.2, 0.25) is 0 Å². The Morgan fingerprint density at radius 2 is 1.85 bits per heavy atom. The first-order valence-corrected chi connectivity index (χ1v) is 8.43. The van der Waals surface area contributed by atoms with Crippen LogP contribution < -0.4 is 5.32 Å². The number of amides is 1. The summed E-state index contributed by atoms with van der Waals surface area (Å²) in [5, 5.41) is 11.5. The summed E-state index contributed by atoms with van der Waals surface area (Å²) in [7, 11) is 0. The topological polar surface area (TPSA) is 84.2 Å². The van der Waals surface area contributed by atoms with Gasteiger partial charge in [-0.15, -0.1) is 0 Å². The smallest absolute Gasteiger partial charge is 0.331 e. The van der Waals surface area contributed by atoms with E-state index in [-0.39, 0.29) is 11.3 Å². The van der Waals surface area contributed by atoms with Gasteiger partial charge in [-0.25, -0.2) is 18.6 Å². The van der Waals surface area contributed by atoms with Gasteiger partial charge in [0.1, 0.15) is 23.7 Å². The van der Waals surface area contributed by atoms with Gasteiger partial charge in [-0.2, -0.15) is 0 Å². The molecule has 3 aromatic rings. The number of imidazole rings is 1. The fraction of sp³-hybridized carbons (Fsp3) is 0.0556. The summed E-state index contributed by atoms with van der Waals surface area (Å²) in [5.41, 5.74) is 0.334. The number of carbonyl (C=O) groups is 2. The lowest BCUT2D eigenvalue weighted by Crippen LogP contribution is -2.34. The molecule has 0 fully saturated rings. The van der Waals surface area contributed by atoms with Gasteiger partial charge in [0.05, 0.1) is 0 Å². The van der Waals surface area contributed by atoms with Crippen molar-refractivity contribution in [1.82, 2.24) is 14.9 Å². The van der Waals surface area contributed by atoms with Crippen LogP contribution in [0.3, 0.4) is 0 Å². The third kappa shape index (κ3) is 4.20. The molecule has 2 N–H and O–H groups in total. The lowest BCUT2D eigenvalue weighted by molar-refractivity contribution is -0.139. The van der Waals surface area contributed by atoms with Crippen molar-refractivity contribution in [3.63, 3.8) is 0 Å². The number of nitrogens with zero attached hydrogens (tertiary/aromatic N) is 2. The first kappa shape index (κ1) is 18.7. The Balaban J connectivity index is 1.82. The second-order valence-corrected chi connectivity index (χ2v) is 6.47. The van der Waals surface area contributed by atoms with Gasteiger partial charge in [0.15, 0.2) is 6.04 Å². The van der Waals surface area contributed by atoms with Crippen LogP contribution in [0, 0.1) is 11.6 Å². The molecular weight excluding hydrogens is 424 g/mol. The molecule has 0 aliphatic heterocycles. The minimum atomic E-state index is -1.68. The highest BCUT2D eigenvalue weighted by molar-refractivity contribution is 9.10. The molecular formula is C18H12BrF2N3O3. The Hall–Kier alpha value is -3.07. The lowest BCUT2D eigenvalue weighted by atomic mass is 10.1. The fourth-order valence-electron chi connectivity index (χ4n) is 2.41. The van der Waals surface area contributed by atoms with Gasteiger partial charge in [-0.1, -0.05) is 22.0 Å². The molecule has 1 atom stereocenters. The van der Waals surface area contributed by atoms with Gasteiger partial charge in [0.25, 0.3) is 5.91 Å². The van der Waals surface area contributed by atoms with Crippen LogP contribution in [0.4, 0.5) is 8.78 Å². The number of carboxylic acid groups (broad SMARTS) is 1. The minimum absolute atomic E-state index is 0.0494. The Bertz CT molecular complexity index is 1010. The molecule has 9 heteroatoms. The van der Waals surface area contributed by atoms with Crippen molar-refractivity contribution in [2.24, 2.45) is 0 Å². The molecule has 0 spiro atoms. The van der Waals surface area contributed by atoms with E-state index in [4.69, 9.17) is 0 Å². The van der Waals surface area contributed by atoms with E-state index in [2.05, 4.69) is 26.2 Å². The van der Waals surface area contributed by atoms with Gasteiger partial charge in [0, 0.05) is 28.0 Å². The number of halogens is 3. The highest BCUT2D eigenvalue weighted by Crippen LogP contribution is 2.20. The summed E-state index contributed by atoms with van der Waals surface area (Å²) in [4.78, 5) is 27.8. The Morgan fingerprint density at radius 3 is 2.48 bits per heavy atom. The molecule has 0 radical (unpaired) electrons. The summed E-state index contributed by atoms with van der Waals surface area (Å²) >= 11 is 3.32. The Kier molecular flexibility index (Phi) is 5.31. The molecule has 0 aliphatic carbocycles. The third-order valence-electron chi connectivity index (χ3n) is 3.74. The summed E-state index contributed by atoms with van der Waals surface area (Å²) in [6.45, 7) is 0. The second kappa shape index (κ2) is 7.67. The number of hydrogen-bond donors (Lipinski definition) is 2. The number of rotatable bonds is 5. The largest absolute Gasteiger partial charge is 0.479 e. The van der Waals surface area contributed by atoms with Crippen LogP contribution in [-0.4, -0.2) is 26.5 Å². The zero-order chi connectivity index (χ0) is 19.6. The van der Waals surface area contributed by atoms with Crippen LogP contribution >= 0.6 is 15.9 Å². The van der Waals surface area contributed by atoms with Crippen LogP contribution in [0.1, 0.15) is 22.1 Å². The summed E-state index contributed by atoms with van der Waals surface area (Å²) in [6, 6.07) is 7.98. The predicted octanol–water partition coefficient (Wildman–Crippen LogP) is 3.47. The van der Waals surface area contributed by atoms with E-state index in [1.807, 2.05) is 12.1 Å². The summed E-state index contributed by atoms with van der Waals surface area (Å²) < 4.78 is 29.4. The van der Waals surface area contributed by atoms with E-state index in [0.29, 0.717) is 6.07 Å². The van der Waals surface area contributed by atoms with E-state index in [9.17, 15) is 23.5 Å². The molecule has 1 amide bonds. The number of hydrogen-bond acceptors (Lipinski definition) is 3. The molecule has 0 saturated heterocycles. The first-order valence-electron chi connectivity index (χ1n) is 7.63. The first-order chi connectivity index (χ1) is 12.8. The van der Waals surface area contributed by atoms with Crippen molar-refractivity contribution < 1.29 is 23.5 Å². The Morgan fingerprint density at radius 1 is 1.15 bits per heavy atom. The van der Waals surface area contributed by atoms with Crippen molar-refractivity contribution >= 4 is 27.8 Å². The van der Waals surface area contributed by atoms with E-state index in [1.54, 1.807) is 16.7 Å². The number of nitrogens with one attached hydrogen (secondary N) is 1. The van der Waals surface area contributed by atoms with E-state index >= 15 is 0 Å². The van der Waals surface area contributed by atoms with Crippen molar-refractivity contribution in [1.29, 1.82) is 0 Å². The average molecular weight is 436 g/mol. The van der Waals surface area contributed by atoms with Crippen LogP contribution in [0.5, 0.6) is 0 Å². The molecule has 3 rings (SSSR count). The maximum absolute atomic E-state index is 13.9. The molecule has 1 aromatic heterocycles. The number of carbonyl (C=O) groups excluding carboxylic acids is 1. The Labute approximate surface area is 160 Å². The van der Waals surface area contributed by atoms with Gasteiger partial charge >= 0.3 is 5.97 Å².